The summed E-state index contributed by atoms with van der Waals surface area (Å²) in [6, 6.07) is 33.6. The maximum Gasteiger partial charge on any atom is 0.0346 e. The van der Waals surface area contributed by atoms with Crippen molar-refractivity contribution in [2.24, 2.45) is 5.92 Å². The zero-order valence-corrected chi connectivity index (χ0v) is 22.8. The van der Waals surface area contributed by atoms with Gasteiger partial charge in [-0.2, -0.15) is 0 Å². The molecule has 0 amide bonds. The highest BCUT2D eigenvalue weighted by atomic mass is 14.6. The number of hydrogen-bond acceptors (Lipinski definition) is 2. The van der Waals surface area contributed by atoms with Gasteiger partial charge in [-0.1, -0.05) is 85.6 Å². The van der Waals surface area contributed by atoms with Gasteiger partial charge in [-0.25, -0.2) is 0 Å². The first-order chi connectivity index (χ1) is 19.2. The third-order valence-corrected chi connectivity index (χ3v) is 8.41. The second-order valence-electron chi connectivity index (χ2n) is 11.2. The maximum absolute atomic E-state index is 4.24. The van der Waals surface area contributed by atoms with Crippen LogP contribution in [0.2, 0.25) is 0 Å². The highest BCUT2D eigenvalue weighted by Gasteiger charge is 2.24. The van der Waals surface area contributed by atoms with E-state index in [9.17, 15) is 0 Å². The normalized spacial score (nSPS) is 17.2. The van der Waals surface area contributed by atoms with Crippen LogP contribution in [0.1, 0.15) is 59.4 Å². The van der Waals surface area contributed by atoms with Crippen LogP contribution in [0, 0.1) is 12.8 Å². The van der Waals surface area contributed by atoms with Gasteiger partial charge in [-0.3, -0.25) is 9.97 Å². The summed E-state index contributed by atoms with van der Waals surface area (Å²) in [6.07, 6.45) is 14.9. The Balaban J connectivity index is 1.08. The van der Waals surface area contributed by atoms with Crippen molar-refractivity contribution in [3.8, 4) is 22.3 Å². The fourth-order valence-electron chi connectivity index (χ4n) is 6.36. The van der Waals surface area contributed by atoms with E-state index in [1.165, 1.54) is 71.0 Å². The quantitative estimate of drug-likeness (QED) is 0.219. The summed E-state index contributed by atoms with van der Waals surface area (Å²) in [5.41, 5.74) is 12.1. The molecule has 2 aromatic heterocycles. The van der Waals surface area contributed by atoms with Gasteiger partial charge in [0.05, 0.1) is 0 Å². The van der Waals surface area contributed by atoms with Gasteiger partial charge in [0.2, 0.25) is 0 Å². The fourth-order valence-corrected chi connectivity index (χ4v) is 6.36. The molecule has 3 aromatic carbocycles. The zero-order chi connectivity index (χ0) is 26.4. The summed E-state index contributed by atoms with van der Waals surface area (Å²) in [5, 5.41) is 0. The average molecular weight is 509 g/mol. The van der Waals surface area contributed by atoms with E-state index in [1.807, 2.05) is 30.9 Å². The number of benzene rings is 3. The van der Waals surface area contributed by atoms with E-state index in [4.69, 9.17) is 0 Å². The van der Waals surface area contributed by atoms with Gasteiger partial charge >= 0.3 is 0 Å². The Bertz CT molecular complexity index is 1490. The molecule has 2 atom stereocenters. The Morgan fingerprint density at radius 3 is 2.05 bits per heavy atom. The second kappa shape index (κ2) is 11.8. The van der Waals surface area contributed by atoms with Crippen molar-refractivity contribution in [1.82, 2.24) is 9.97 Å². The molecule has 2 unspecified atom stereocenters. The minimum absolute atomic E-state index is 0.674. The van der Waals surface area contributed by atoms with Crippen LogP contribution < -0.4 is 0 Å². The Morgan fingerprint density at radius 2 is 1.33 bits per heavy atom. The van der Waals surface area contributed by atoms with Gasteiger partial charge in [-0.15, -0.1) is 0 Å². The van der Waals surface area contributed by atoms with Gasteiger partial charge in [0.1, 0.15) is 0 Å². The van der Waals surface area contributed by atoms with Crippen LogP contribution in [0.25, 0.3) is 22.3 Å². The molecular formula is C37H36N2. The SMILES string of the molecule is Cc1cc(Cc2ccc(-c3cccnc3)cc2)ccc1C1CCCC(Cc2ccc(-c3ccncc3)cc2)C1. The lowest BCUT2D eigenvalue weighted by Gasteiger charge is -2.30. The van der Waals surface area contributed by atoms with Crippen LogP contribution in [0.5, 0.6) is 0 Å². The van der Waals surface area contributed by atoms with Crippen molar-refractivity contribution in [1.29, 1.82) is 0 Å². The van der Waals surface area contributed by atoms with Crippen molar-refractivity contribution in [3.05, 3.63) is 144 Å². The molecule has 0 spiro atoms. The fraction of sp³-hybridized carbons (Fsp3) is 0.243. The van der Waals surface area contributed by atoms with Crippen LogP contribution in [-0.4, -0.2) is 9.97 Å². The van der Waals surface area contributed by atoms with E-state index in [2.05, 4.69) is 102 Å². The number of pyridine rings is 2. The van der Waals surface area contributed by atoms with Crippen LogP contribution >= 0.6 is 0 Å². The van der Waals surface area contributed by atoms with Crippen molar-refractivity contribution >= 4 is 0 Å². The first-order valence-corrected chi connectivity index (χ1v) is 14.3. The zero-order valence-electron chi connectivity index (χ0n) is 22.8. The summed E-state index contributed by atoms with van der Waals surface area (Å²) < 4.78 is 0. The largest absolute Gasteiger partial charge is 0.265 e. The van der Waals surface area contributed by atoms with Gasteiger partial charge < -0.3 is 0 Å². The minimum Gasteiger partial charge on any atom is -0.265 e. The highest BCUT2D eigenvalue weighted by molar-refractivity contribution is 5.63. The molecule has 0 saturated heterocycles. The van der Waals surface area contributed by atoms with E-state index >= 15 is 0 Å². The van der Waals surface area contributed by atoms with Crippen molar-refractivity contribution < 1.29 is 0 Å². The molecule has 1 saturated carbocycles. The number of rotatable bonds is 7. The van der Waals surface area contributed by atoms with E-state index in [1.54, 1.807) is 5.56 Å². The molecule has 2 nitrogen and oxygen atoms in total. The second-order valence-corrected chi connectivity index (χ2v) is 11.2. The lowest BCUT2D eigenvalue weighted by atomic mass is 9.74. The Kier molecular flexibility index (Phi) is 7.63. The minimum atomic E-state index is 0.674. The first kappa shape index (κ1) is 25.2. The lowest BCUT2D eigenvalue weighted by Crippen LogP contribution is -2.17. The predicted octanol–water partition coefficient (Wildman–Crippen LogP) is 9.23. The van der Waals surface area contributed by atoms with Crippen molar-refractivity contribution in [2.75, 3.05) is 0 Å². The standard InChI is InChI=1S/C37H36N2/c1-27-22-31(24-29-9-14-33(15-10-29)36-6-3-19-39-26-36)11-16-37(27)35-5-2-4-30(25-35)23-28-7-12-32(13-8-28)34-17-20-38-21-18-34/h3,6-22,26,30,35H,2,4-5,23-25H2,1H3. The molecule has 194 valence electrons. The summed E-state index contributed by atoms with van der Waals surface area (Å²) in [6.45, 7) is 2.31. The first-order valence-electron chi connectivity index (χ1n) is 14.3. The monoisotopic (exact) mass is 508 g/mol. The number of hydrogen-bond donors (Lipinski definition) is 0. The third kappa shape index (κ3) is 6.17. The molecule has 39 heavy (non-hydrogen) atoms. The molecule has 1 fully saturated rings. The third-order valence-electron chi connectivity index (χ3n) is 8.41. The summed E-state index contributed by atoms with van der Waals surface area (Å²) in [4.78, 5) is 8.38. The summed E-state index contributed by atoms with van der Waals surface area (Å²) in [5.74, 6) is 1.43. The number of aryl methyl sites for hydroxylation is 1. The van der Waals surface area contributed by atoms with E-state index in [0.717, 1.165) is 17.9 Å². The van der Waals surface area contributed by atoms with E-state index in [-0.39, 0.29) is 0 Å². The molecule has 2 heterocycles. The molecule has 6 rings (SSSR count). The summed E-state index contributed by atoms with van der Waals surface area (Å²) in [7, 11) is 0. The van der Waals surface area contributed by atoms with Crippen molar-refractivity contribution in [3.63, 3.8) is 0 Å². The lowest BCUT2D eigenvalue weighted by molar-refractivity contribution is 0.320. The van der Waals surface area contributed by atoms with Crippen LogP contribution in [-0.2, 0) is 12.8 Å². The Morgan fingerprint density at radius 1 is 0.641 bits per heavy atom. The average Bonchev–Trinajstić information content (AvgIpc) is 2.99. The van der Waals surface area contributed by atoms with Gasteiger partial charge in [0, 0.05) is 24.8 Å². The Hall–Kier alpha value is -4.04. The molecule has 0 radical (unpaired) electrons. The molecule has 0 aliphatic heterocycles. The highest BCUT2D eigenvalue weighted by Crippen LogP contribution is 2.39. The van der Waals surface area contributed by atoms with Gasteiger partial charge in [0.15, 0.2) is 0 Å². The van der Waals surface area contributed by atoms with Gasteiger partial charge in [-0.05, 0) is 113 Å². The maximum atomic E-state index is 4.24. The van der Waals surface area contributed by atoms with Crippen LogP contribution in [0.4, 0.5) is 0 Å². The number of nitrogens with zero attached hydrogens (tertiary/aromatic N) is 2. The number of aromatic nitrogens is 2. The van der Waals surface area contributed by atoms with Gasteiger partial charge in [0.25, 0.3) is 0 Å². The smallest absolute Gasteiger partial charge is 0.0346 e. The van der Waals surface area contributed by atoms with Crippen LogP contribution in [0.3, 0.4) is 0 Å². The molecule has 2 heteroatoms. The van der Waals surface area contributed by atoms with Crippen LogP contribution in [0.15, 0.2) is 116 Å². The Labute approximate surface area is 232 Å². The van der Waals surface area contributed by atoms with Crippen molar-refractivity contribution in [2.45, 2.75) is 51.4 Å². The van der Waals surface area contributed by atoms with E-state index in [0.29, 0.717) is 5.92 Å². The summed E-state index contributed by atoms with van der Waals surface area (Å²) >= 11 is 0. The predicted molar refractivity (Wildman–Crippen MR) is 162 cm³/mol. The molecule has 5 aromatic rings. The molecule has 1 aliphatic carbocycles. The van der Waals surface area contributed by atoms with E-state index < -0.39 is 0 Å². The molecule has 1 aliphatic rings. The topological polar surface area (TPSA) is 25.8 Å². The molecule has 0 N–H and O–H groups in total. The molecular weight excluding hydrogens is 472 g/mol. The molecule has 0 bridgehead atoms.